The molecule has 2 N–H and O–H groups in total. The summed E-state index contributed by atoms with van der Waals surface area (Å²) in [5, 5.41) is 6.17. The first-order valence-electron chi connectivity index (χ1n) is 8.42. The van der Waals surface area contributed by atoms with Crippen LogP contribution in [0.15, 0.2) is 4.99 Å². The van der Waals surface area contributed by atoms with E-state index < -0.39 is 14.6 Å². The van der Waals surface area contributed by atoms with E-state index in [2.05, 4.69) is 29.5 Å². The predicted molar refractivity (Wildman–Crippen MR) is 113 cm³/mol. The highest BCUT2D eigenvalue weighted by atomic mass is 127. The Balaban J connectivity index is 0. The molecule has 6 nitrogen and oxygen atoms in total. The third-order valence-electron chi connectivity index (χ3n) is 3.29. The average molecular weight is 477 g/mol. The van der Waals surface area contributed by atoms with Gasteiger partial charge < -0.3 is 15.4 Å². The third-order valence-corrected chi connectivity index (χ3v) is 5.89. The molecule has 0 spiro atoms. The summed E-state index contributed by atoms with van der Waals surface area (Å²) in [5.74, 6) is 1.36. The van der Waals surface area contributed by atoms with Crippen LogP contribution in [-0.4, -0.2) is 57.7 Å². The molecule has 0 fully saturated rings. The van der Waals surface area contributed by atoms with Gasteiger partial charge in [-0.1, -0.05) is 13.8 Å². The Morgan fingerprint density at radius 3 is 2.29 bits per heavy atom. The van der Waals surface area contributed by atoms with Crippen LogP contribution in [0.1, 0.15) is 48.0 Å². The zero-order valence-corrected chi connectivity index (χ0v) is 19.2. The molecule has 0 aliphatic heterocycles. The van der Waals surface area contributed by atoms with Gasteiger partial charge in [-0.3, -0.25) is 4.99 Å². The van der Waals surface area contributed by atoms with Gasteiger partial charge >= 0.3 is 0 Å². The van der Waals surface area contributed by atoms with Crippen molar-refractivity contribution in [3.63, 3.8) is 0 Å². The fraction of sp³-hybridized carbons (Fsp3) is 0.938. The van der Waals surface area contributed by atoms with Gasteiger partial charge in [-0.25, -0.2) is 8.42 Å². The highest BCUT2D eigenvalue weighted by Gasteiger charge is 2.28. The molecule has 0 saturated carbocycles. The SMILES string of the molecule is CCNC(=NCCOCCC(C)C)NCCS(=O)(=O)C(C)(C)C.I. The van der Waals surface area contributed by atoms with Gasteiger partial charge in [0.05, 0.1) is 23.7 Å². The van der Waals surface area contributed by atoms with Crippen molar-refractivity contribution in [3.05, 3.63) is 0 Å². The summed E-state index contributed by atoms with van der Waals surface area (Å²) in [4.78, 5) is 4.39. The van der Waals surface area contributed by atoms with E-state index in [0.717, 1.165) is 19.6 Å². The smallest absolute Gasteiger partial charge is 0.191 e. The lowest BCUT2D eigenvalue weighted by Crippen LogP contribution is -2.42. The Morgan fingerprint density at radius 2 is 1.79 bits per heavy atom. The van der Waals surface area contributed by atoms with E-state index in [4.69, 9.17) is 4.74 Å². The topological polar surface area (TPSA) is 79.8 Å². The number of guanidine groups is 1. The lowest BCUT2D eigenvalue weighted by Gasteiger charge is -2.19. The molecule has 0 atom stereocenters. The van der Waals surface area contributed by atoms with Crippen LogP contribution in [-0.2, 0) is 14.6 Å². The van der Waals surface area contributed by atoms with Crippen LogP contribution in [0.3, 0.4) is 0 Å². The molecule has 0 aromatic carbocycles. The van der Waals surface area contributed by atoms with Gasteiger partial charge in [0.2, 0.25) is 0 Å². The fourth-order valence-electron chi connectivity index (χ4n) is 1.59. The molecule has 0 aliphatic rings. The minimum atomic E-state index is -3.12. The van der Waals surface area contributed by atoms with Gasteiger partial charge in [0, 0.05) is 19.7 Å². The van der Waals surface area contributed by atoms with Crippen LogP contribution >= 0.6 is 24.0 Å². The van der Waals surface area contributed by atoms with Gasteiger partial charge in [0.1, 0.15) is 0 Å². The molecule has 0 aromatic heterocycles. The standard InChI is InChI=1S/C16H35N3O3S.HI/c1-7-17-15(18-9-12-22-11-8-14(2)3)19-10-13-23(20,21)16(4,5)6;/h14H,7-13H2,1-6H3,(H2,17,18,19);1H. The molecule has 0 bridgehead atoms. The van der Waals surface area contributed by atoms with Crippen molar-refractivity contribution in [2.24, 2.45) is 10.9 Å². The van der Waals surface area contributed by atoms with E-state index in [1.807, 2.05) is 6.92 Å². The molecule has 0 aromatic rings. The normalized spacial score (nSPS) is 12.9. The monoisotopic (exact) mass is 477 g/mol. The molecule has 0 heterocycles. The summed E-state index contributed by atoms with van der Waals surface area (Å²) >= 11 is 0. The molecule has 0 saturated heterocycles. The van der Waals surface area contributed by atoms with Gasteiger partial charge in [0.15, 0.2) is 15.8 Å². The average Bonchev–Trinajstić information content (AvgIpc) is 2.40. The van der Waals surface area contributed by atoms with Crippen LogP contribution in [0.4, 0.5) is 0 Å². The predicted octanol–water partition coefficient (Wildman–Crippen LogP) is 2.44. The minimum absolute atomic E-state index is 0. The Kier molecular flexibility index (Phi) is 14.3. The van der Waals surface area contributed by atoms with Gasteiger partial charge in [-0.15, -0.1) is 24.0 Å². The van der Waals surface area contributed by atoms with E-state index in [1.54, 1.807) is 20.8 Å². The van der Waals surface area contributed by atoms with E-state index in [9.17, 15) is 8.42 Å². The summed E-state index contributed by atoms with van der Waals surface area (Å²) in [6, 6.07) is 0. The van der Waals surface area contributed by atoms with Crippen molar-refractivity contribution in [2.75, 3.05) is 38.6 Å². The Morgan fingerprint density at radius 1 is 1.17 bits per heavy atom. The second-order valence-corrected chi connectivity index (χ2v) is 9.78. The number of rotatable bonds is 10. The van der Waals surface area contributed by atoms with Crippen molar-refractivity contribution < 1.29 is 13.2 Å². The van der Waals surface area contributed by atoms with Crippen molar-refractivity contribution >= 4 is 39.8 Å². The van der Waals surface area contributed by atoms with Crippen LogP contribution < -0.4 is 10.6 Å². The Labute approximate surface area is 165 Å². The van der Waals surface area contributed by atoms with Gasteiger partial charge in [0.25, 0.3) is 0 Å². The summed E-state index contributed by atoms with van der Waals surface area (Å²) in [5.41, 5.74) is 0. The summed E-state index contributed by atoms with van der Waals surface area (Å²) in [7, 11) is -3.12. The first kappa shape index (κ1) is 26.1. The third kappa shape index (κ3) is 12.3. The largest absolute Gasteiger partial charge is 0.380 e. The molecule has 24 heavy (non-hydrogen) atoms. The quantitative estimate of drug-likeness (QED) is 0.219. The minimum Gasteiger partial charge on any atom is -0.380 e. The molecule has 0 radical (unpaired) electrons. The number of sulfone groups is 1. The number of nitrogens with zero attached hydrogens (tertiary/aromatic N) is 1. The molecule has 0 unspecified atom stereocenters. The molecular formula is C16H36IN3O3S. The number of aliphatic imine (C=N–C) groups is 1. The second-order valence-electron chi connectivity index (χ2n) is 6.91. The molecular weight excluding hydrogens is 441 g/mol. The van der Waals surface area contributed by atoms with Crippen LogP contribution in [0.5, 0.6) is 0 Å². The second kappa shape index (κ2) is 13.2. The van der Waals surface area contributed by atoms with E-state index in [1.165, 1.54) is 0 Å². The molecule has 0 amide bonds. The highest BCUT2D eigenvalue weighted by molar-refractivity contribution is 14.0. The zero-order valence-electron chi connectivity index (χ0n) is 16.0. The summed E-state index contributed by atoms with van der Waals surface area (Å²) in [6.45, 7) is 14.4. The summed E-state index contributed by atoms with van der Waals surface area (Å²) < 4.78 is 28.9. The highest BCUT2D eigenvalue weighted by Crippen LogP contribution is 2.15. The number of hydrogen-bond acceptors (Lipinski definition) is 4. The maximum atomic E-state index is 12.1. The fourth-order valence-corrected chi connectivity index (χ4v) is 2.58. The van der Waals surface area contributed by atoms with Crippen LogP contribution in [0.2, 0.25) is 0 Å². The maximum Gasteiger partial charge on any atom is 0.191 e. The Hall–Kier alpha value is -0.0900. The first-order chi connectivity index (χ1) is 10.6. The number of nitrogens with one attached hydrogen (secondary N) is 2. The van der Waals surface area contributed by atoms with E-state index >= 15 is 0 Å². The molecule has 0 rings (SSSR count). The number of hydrogen-bond donors (Lipinski definition) is 2. The van der Waals surface area contributed by atoms with Crippen molar-refractivity contribution in [3.8, 4) is 0 Å². The van der Waals surface area contributed by atoms with Gasteiger partial charge in [-0.2, -0.15) is 0 Å². The lowest BCUT2D eigenvalue weighted by molar-refractivity contribution is 0.130. The van der Waals surface area contributed by atoms with Crippen LogP contribution in [0, 0.1) is 5.92 Å². The maximum absolute atomic E-state index is 12.1. The van der Waals surface area contributed by atoms with Crippen molar-refractivity contribution in [1.82, 2.24) is 10.6 Å². The zero-order chi connectivity index (χ0) is 17.9. The number of ether oxygens (including phenoxy) is 1. The van der Waals surface area contributed by atoms with E-state index in [-0.39, 0.29) is 29.7 Å². The molecule has 146 valence electrons. The van der Waals surface area contributed by atoms with Crippen molar-refractivity contribution in [2.45, 2.75) is 52.7 Å². The molecule has 0 aliphatic carbocycles. The molecule has 8 heteroatoms. The Bertz CT molecular complexity index is 446. The number of halogens is 1. The van der Waals surface area contributed by atoms with Crippen LogP contribution in [0.25, 0.3) is 0 Å². The van der Waals surface area contributed by atoms with Crippen molar-refractivity contribution in [1.29, 1.82) is 0 Å². The van der Waals surface area contributed by atoms with E-state index in [0.29, 0.717) is 31.6 Å². The van der Waals surface area contributed by atoms with Gasteiger partial charge in [-0.05, 0) is 40.0 Å². The lowest BCUT2D eigenvalue weighted by atomic mass is 10.1. The summed E-state index contributed by atoms with van der Waals surface area (Å²) in [6.07, 6.45) is 1.05. The first-order valence-corrected chi connectivity index (χ1v) is 10.1.